The molecule has 1 aliphatic carbocycles. The molecule has 204 valence electrons. The van der Waals surface area contributed by atoms with Crippen LogP contribution in [0.15, 0.2) is 47.3 Å². The molecule has 8 nitrogen and oxygen atoms in total. The van der Waals surface area contributed by atoms with E-state index in [-0.39, 0.29) is 35.5 Å². The number of fused-ring (bicyclic) bond motifs is 1. The molecular formula is C29H31Cl2N5O3. The van der Waals surface area contributed by atoms with E-state index < -0.39 is 0 Å². The SMILES string of the molecule is CNC(=O)c1ccc(-n2c(NC(C)(C)C3CC3)nc3c(c2=O)C[C@@H](C)N(C(=O)c2ccc(Cl)c(Cl)c2)C3)cc1. The maximum Gasteiger partial charge on any atom is 0.263 e. The number of benzene rings is 2. The normalized spacial score (nSPS) is 17.0. The first-order chi connectivity index (χ1) is 18.5. The molecule has 0 saturated heterocycles. The summed E-state index contributed by atoms with van der Waals surface area (Å²) in [5.74, 6) is 0.489. The number of aromatic nitrogens is 2. The average molecular weight is 569 g/mol. The third kappa shape index (κ3) is 5.28. The summed E-state index contributed by atoms with van der Waals surface area (Å²) in [5.41, 5.74) is 2.21. The third-order valence-corrected chi connectivity index (χ3v) is 8.43. The van der Waals surface area contributed by atoms with Crippen molar-refractivity contribution >= 4 is 41.0 Å². The van der Waals surface area contributed by atoms with Gasteiger partial charge >= 0.3 is 0 Å². The van der Waals surface area contributed by atoms with Crippen LogP contribution in [0.5, 0.6) is 0 Å². The van der Waals surface area contributed by atoms with Gasteiger partial charge in [0.1, 0.15) is 0 Å². The van der Waals surface area contributed by atoms with Crippen molar-refractivity contribution in [3.05, 3.63) is 85.2 Å². The lowest BCUT2D eigenvalue weighted by molar-refractivity contribution is 0.0653. The minimum Gasteiger partial charge on any atom is -0.355 e. The summed E-state index contributed by atoms with van der Waals surface area (Å²) in [6, 6.07) is 11.5. The Morgan fingerprint density at radius 2 is 1.69 bits per heavy atom. The van der Waals surface area contributed by atoms with Gasteiger partial charge in [0.05, 0.1) is 28.0 Å². The van der Waals surface area contributed by atoms with Gasteiger partial charge in [-0.15, -0.1) is 0 Å². The largest absolute Gasteiger partial charge is 0.355 e. The standard InChI is InChI=1S/C29H31Cl2N5O3/c1-16-13-21-24(15-35(16)26(38)18-7-12-22(30)23(31)14-18)33-28(34-29(2,3)19-8-9-19)36(27(21)39)20-10-5-17(6-11-20)25(37)32-4/h5-7,10-12,14,16,19H,8-9,13,15H2,1-4H3,(H,32,37)(H,33,34)/t16-/m1/s1. The van der Waals surface area contributed by atoms with Crippen LogP contribution in [0.25, 0.3) is 5.69 Å². The van der Waals surface area contributed by atoms with Crippen molar-refractivity contribution in [1.29, 1.82) is 0 Å². The summed E-state index contributed by atoms with van der Waals surface area (Å²) >= 11 is 12.2. The van der Waals surface area contributed by atoms with Crippen molar-refractivity contribution in [3.8, 4) is 5.69 Å². The Labute approximate surface area is 237 Å². The first kappa shape index (κ1) is 27.2. The lowest BCUT2D eigenvalue weighted by Gasteiger charge is -2.35. The molecule has 1 atom stereocenters. The van der Waals surface area contributed by atoms with Crippen LogP contribution in [0.4, 0.5) is 5.95 Å². The molecular weight excluding hydrogens is 537 g/mol. The van der Waals surface area contributed by atoms with Gasteiger partial charge in [-0.05, 0) is 88.4 Å². The van der Waals surface area contributed by atoms with E-state index in [1.165, 1.54) is 0 Å². The zero-order valence-electron chi connectivity index (χ0n) is 22.3. The van der Waals surface area contributed by atoms with Crippen LogP contribution in [-0.2, 0) is 13.0 Å². The second-order valence-corrected chi connectivity index (χ2v) is 11.7. The van der Waals surface area contributed by atoms with E-state index >= 15 is 0 Å². The van der Waals surface area contributed by atoms with Gasteiger partial charge in [0.25, 0.3) is 17.4 Å². The van der Waals surface area contributed by atoms with Crippen molar-refractivity contribution in [2.75, 3.05) is 12.4 Å². The fourth-order valence-electron chi connectivity index (χ4n) is 5.15. The molecule has 0 unspecified atom stereocenters. The van der Waals surface area contributed by atoms with Gasteiger partial charge in [-0.25, -0.2) is 9.55 Å². The predicted octanol–water partition coefficient (Wildman–Crippen LogP) is 5.09. The lowest BCUT2D eigenvalue weighted by atomic mass is 9.97. The predicted molar refractivity (Wildman–Crippen MR) is 153 cm³/mol. The van der Waals surface area contributed by atoms with E-state index in [9.17, 15) is 14.4 Å². The van der Waals surface area contributed by atoms with Gasteiger partial charge in [-0.1, -0.05) is 23.2 Å². The quantitative estimate of drug-likeness (QED) is 0.432. The third-order valence-electron chi connectivity index (χ3n) is 7.69. The number of rotatable bonds is 6. The first-order valence-corrected chi connectivity index (χ1v) is 13.8. The maximum absolute atomic E-state index is 14.0. The van der Waals surface area contributed by atoms with Crippen molar-refractivity contribution < 1.29 is 9.59 Å². The molecule has 0 spiro atoms. The number of nitrogens with one attached hydrogen (secondary N) is 2. The van der Waals surface area contributed by atoms with E-state index in [0.29, 0.717) is 56.4 Å². The van der Waals surface area contributed by atoms with Crippen LogP contribution in [0.3, 0.4) is 0 Å². The first-order valence-electron chi connectivity index (χ1n) is 13.0. The Morgan fingerprint density at radius 1 is 1.03 bits per heavy atom. The number of carbonyl (C=O) groups is 2. The molecule has 1 aromatic heterocycles. The number of halogens is 2. The van der Waals surface area contributed by atoms with Crippen LogP contribution in [0, 0.1) is 5.92 Å². The maximum atomic E-state index is 14.0. The fraction of sp³-hybridized carbons (Fsp3) is 0.379. The van der Waals surface area contributed by atoms with E-state index in [1.807, 2.05) is 6.92 Å². The van der Waals surface area contributed by atoms with Gasteiger partial charge in [-0.3, -0.25) is 14.4 Å². The summed E-state index contributed by atoms with van der Waals surface area (Å²) in [5, 5.41) is 6.83. The van der Waals surface area contributed by atoms with Gasteiger partial charge in [0.2, 0.25) is 5.95 Å². The molecule has 0 radical (unpaired) electrons. The Hall–Kier alpha value is -3.36. The zero-order valence-corrected chi connectivity index (χ0v) is 23.9. The molecule has 2 heterocycles. The molecule has 1 saturated carbocycles. The summed E-state index contributed by atoms with van der Waals surface area (Å²) in [4.78, 5) is 46.2. The van der Waals surface area contributed by atoms with Crippen LogP contribution in [0.2, 0.25) is 10.0 Å². The number of nitrogens with zero attached hydrogens (tertiary/aromatic N) is 3. The lowest BCUT2D eigenvalue weighted by Crippen LogP contribution is -2.46. The van der Waals surface area contributed by atoms with E-state index in [1.54, 1.807) is 59.0 Å². The van der Waals surface area contributed by atoms with Gasteiger partial charge in [-0.2, -0.15) is 0 Å². The summed E-state index contributed by atoms with van der Waals surface area (Å²) in [6.45, 7) is 6.33. The molecule has 0 bridgehead atoms. The fourth-order valence-corrected chi connectivity index (χ4v) is 5.45. The van der Waals surface area contributed by atoms with Crippen molar-refractivity contribution in [3.63, 3.8) is 0 Å². The average Bonchev–Trinajstić information content (AvgIpc) is 3.76. The summed E-state index contributed by atoms with van der Waals surface area (Å²) in [6.07, 6.45) is 2.58. The van der Waals surface area contributed by atoms with Crippen molar-refractivity contribution in [2.45, 2.75) is 58.2 Å². The molecule has 2 aromatic carbocycles. The van der Waals surface area contributed by atoms with E-state index in [2.05, 4.69) is 24.5 Å². The van der Waals surface area contributed by atoms with Crippen LogP contribution >= 0.6 is 23.2 Å². The second-order valence-electron chi connectivity index (χ2n) is 10.9. The van der Waals surface area contributed by atoms with Gasteiger partial charge < -0.3 is 15.5 Å². The zero-order chi connectivity index (χ0) is 28.1. The highest BCUT2D eigenvalue weighted by molar-refractivity contribution is 6.42. The molecule has 2 N–H and O–H groups in total. The minimum absolute atomic E-state index is 0.185. The highest BCUT2D eigenvalue weighted by Crippen LogP contribution is 2.41. The Kier molecular flexibility index (Phi) is 7.20. The van der Waals surface area contributed by atoms with Crippen molar-refractivity contribution in [1.82, 2.24) is 19.8 Å². The highest BCUT2D eigenvalue weighted by Gasteiger charge is 2.39. The van der Waals surface area contributed by atoms with Crippen LogP contribution < -0.4 is 16.2 Å². The number of hydrogen-bond acceptors (Lipinski definition) is 5. The number of amides is 2. The molecule has 5 rings (SSSR count). The molecule has 1 aliphatic heterocycles. The molecule has 3 aromatic rings. The Morgan fingerprint density at radius 3 is 2.31 bits per heavy atom. The van der Waals surface area contributed by atoms with Gasteiger partial charge in [0.15, 0.2) is 0 Å². The molecule has 2 amide bonds. The Balaban J connectivity index is 1.57. The minimum atomic E-state index is -0.283. The van der Waals surface area contributed by atoms with Crippen LogP contribution in [0.1, 0.15) is 65.6 Å². The molecule has 39 heavy (non-hydrogen) atoms. The number of hydrogen-bond donors (Lipinski definition) is 2. The number of carbonyl (C=O) groups excluding carboxylic acids is 2. The summed E-state index contributed by atoms with van der Waals surface area (Å²) < 4.78 is 1.58. The molecule has 1 fully saturated rings. The van der Waals surface area contributed by atoms with E-state index in [4.69, 9.17) is 28.2 Å². The topological polar surface area (TPSA) is 96.3 Å². The highest BCUT2D eigenvalue weighted by atomic mass is 35.5. The van der Waals surface area contributed by atoms with Crippen LogP contribution in [-0.4, -0.2) is 44.9 Å². The van der Waals surface area contributed by atoms with Crippen molar-refractivity contribution in [2.24, 2.45) is 5.92 Å². The second kappa shape index (κ2) is 10.3. The monoisotopic (exact) mass is 567 g/mol. The smallest absolute Gasteiger partial charge is 0.263 e. The van der Waals surface area contributed by atoms with E-state index in [0.717, 1.165) is 12.8 Å². The molecule has 10 heteroatoms. The molecule has 2 aliphatic rings. The number of anilines is 1. The summed E-state index contributed by atoms with van der Waals surface area (Å²) in [7, 11) is 1.58. The Bertz CT molecular complexity index is 1510. The van der Waals surface area contributed by atoms with Gasteiger partial charge in [0, 0.05) is 35.3 Å².